The maximum absolute atomic E-state index is 11.4. The van der Waals surface area contributed by atoms with Crippen molar-refractivity contribution >= 4 is 28.6 Å². The van der Waals surface area contributed by atoms with Crippen molar-refractivity contribution in [1.29, 1.82) is 0 Å². The molecule has 5 heteroatoms. The smallest absolute Gasteiger partial charge is 0.307 e. The van der Waals surface area contributed by atoms with Crippen LogP contribution in [0.1, 0.15) is 37.9 Å². The van der Waals surface area contributed by atoms with Crippen LogP contribution >= 0.6 is 11.6 Å². The summed E-state index contributed by atoms with van der Waals surface area (Å²) >= 11 is 6.06. The van der Waals surface area contributed by atoms with Crippen LogP contribution in [0.25, 0.3) is 11.0 Å². The zero-order chi connectivity index (χ0) is 14.3. The van der Waals surface area contributed by atoms with E-state index in [9.17, 15) is 9.90 Å². The first-order chi connectivity index (χ1) is 9.61. The molecule has 2 atom stereocenters. The van der Waals surface area contributed by atoms with Crippen molar-refractivity contribution < 1.29 is 9.90 Å². The van der Waals surface area contributed by atoms with Gasteiger partial charge in [-0.25, -0.2) is 4.98 Å². The average molecular weight is 293 g/mol. The second-order valence-corrected chi connectivity index (χ2v) is 5.77. The zero-order valence-corrected chi connectivity index (χ0v) is 12.1. The number of carboxylic acid groups (broad SMARTS) is 1. The Morgan fingerprint density at radius 3 is 3.00 bits per heavy atom. The Morgan fingerprint density at radius 2 is 2.30 bits per heavy atom. The van der Waals surface area contributed by atoms with E-state index in [1.165, 1.54) is 0 Å². The van der Waals surface area contributed by atoms with Gasteiger partial charge < -0.3 is 9.67 Å². The van der Waals surface area contributed by atoms with Crippen molar-refractivity contribution in [3.8, 4) is 0 Å². The van der Waals surface area contributed by atoms with Gasteiger partial charge in [-0.1, -0.05) is 18.0 Å². The highest BCUT2D eigenvalue weighted by Crippen LogP contribution is 2.40. The van der Waals surface area contributed by atoms with Crippen molar-refractivity contribution in [1.82, 2.24) is 9.55 Å². The Labute approximate surface area is 122 Å². The first-order valence-electron chi connectivity index (χ1n) is 7.00. The number of aryl methyl sites for hydroxylation is 1. The van der Waals surface area contributed by atoms with E-state index >= 15 is 0 Å². The number of aliphatic carboxylic acids is 1. The third-order valence-corrected chi connectivity index (χ3v) is 4.46. The standard InChI is InChI=1S/C15H17ClN2O2/c1-2-18-13-8-9(16)6-7-12(13)17-14(18)10-4-3-5-11(10)15(19)20/h6-8,10-11H,2-5H2,1H3,(H,19,20). The molecule has 1 aliphatic carbocycles. The second kappa shape index (κ2) is 5.09. The predicted molar refractivity (Wildman–Crippen MR) is 78.1 cm³/mol. The summed E-state index contributed by atoms with van der Waals surface area (Å²) in [4.78, 5) is 16.1. The number of carbonyl (C=O) groups is 1. The first-order valence-corrected chi connectivity index (χ1v) is 7.38. The van der Waals surface area contributed by atoms with Crippen molar-refractivity contribution in [2.24, 2.45) is 5.92 Å². The van der Waals surface area contributed by atoms with Crippen LogP contribution in [-0.4, -0.2) is 20.6 Å². The predicted octanol–water partition coefficient (Wildman–Crippen LogP) is 3.68. The minimum absolute atomic E-state index is 0.0126. The van der Waals surface area contributed by atoms with Gasteiger partial charge in [0.15, 0.2) is 0 Å². The van der Waals surface area contributed by atoms with Gasteiger partial charge in [0.05, 0.1) is 17.0 Å². The van der Waals surface area contributed by atoms with Crippen LogP contribution in [0.2, 0.25) is 5.02 Å². The van der Waals surface area contributed by atoms with Gasteiger partial charge in [-0.05, 0) is 38.0 Å². The lowest BCUT2D eigenvalue weighted by Gasteiger charge is -2.16. The number of fused-ring (bicyclic) bond motifs is 1. The van der Waals surface area contributed by atoms with Crippen LogP contribution in [-0.2, 0) is 11.3 Å². The summed E-state index contributed by atoms with van der Waals surface area (Å²) in [5, 5.41) is 10.0. The van der Waals surface area contributed by atoms with Gasteiger partial charge in [0.25, 0.3) is 0 Å². The molecular formula is C15H17ClN2O2. The molecule has 2 aromatic rings. The lowest BCUT2D eigenvalue weighted by atomic mass is 9.95. The first kappa shape index (κ1) is 13.4. The molecule has 1 aromatic carbocycles. The summed E-state index contributed by atoms with van der Waals surface area (Å²) in [6, 6.07) is 5.63. The van der Waals surface area contributed by atoms with Gasteiger partial charge in [-0.2, -0.15) is 0 Å². The number of benzene rings is 1. The van der Waals surface area contributed by atoms with Crippen LogP contribution in [0.5, 0.6) is 0 Å². The molecule has 2 unspecified atom stereocenters. The Kier molecular flexibility index (Phi) is 3.42. The number of hydrogen-bond donors (Lipinski definition) is 1. The SMILES string of the molecule is CCn1c(C2CCCC2C(=O)O)nc2ccc(Cl)cc21. The number of carboxylic acids is 1. The van der Waals surface area contributed by atoms with Crippen LogP contribution in [0.4, 0.5) is 0 Å². The molecule has 1 fully saturated rings. The molecule has 3 rings (SSSR count). The van der Waals surface area contributed by atoms with E-state index < -0.39 is 5.97 Å². The summed E-state index contributed by atoms with van der Waals surface area (Å²) in [5.74, 6) is -0.110. The molecule has 20 heavy (non-hydrogen) atoms. The van der Waals surface area contributed by atoms with E-state index in [0.717, 1.165) is 42.7 Å². The fourth-order valence-electron chi connectivity index (χ4n) is 3.29. The molecule has 1 heterocycles. The van der Waals surface area contributed by atoms with Crippen LogP contribution in [0.15, 0.2) is 18.2 Å². The number of imidazole rings is 1. The molecule has 0 radical (unpaired) electrons. The van der Waals surface area contributed by atoms with E-state index in [1.54, 1.807) is 0 Å². The third-order valence-electron chi connectivity index (χ3n) is 4.22. The van der Waals surface area contributed by atoms with Gasteiger partial charge in [-0.15, -0.1) is 0 Å². The van der Waals surface area contributed by atoms with E-state index in [4.69, 9.17) is 11.6 Å². The molecule has 1 N–H and O–H groups in total. The van der Waals surface area contributed by atoms with Crippen LogP contribution in [0.3, 0.4) is 0 Å². The molecule has 1 saturated carbocycles. The fraction of sp³-hybridized carbons (Fsp3) is 0.467. The van der Waals surface area contributed by atoms with Crippen LogP contribution in [0, 0.1) is 5.92 Å². The highest BCUT2D eigenvalue weighted by molar-refractivity contribution is 6.31. The molecule has 0 saturated heterocycles. The van der Waals surface area contributed by atoms with Crippen molar-refractivity contribution in [2.45, 2.75) is 38.6 Å². The van der Waals surface area contributed by atoms with Gasteiger partial charge in [-0.3, -0.25) is 4.79 Å². The molecule has 0 bridgehead atoms. The molecule has 106 valence electrons. The maximum atomic E-state index is 11.4. The summed E-state index contributed by atoms with van der Waals surface area (Å²) in [6.07, 6.45) is 2.59. The lowest BCUT2D eigenvalue weighted by Crippen LogP contribution is -2.20. The molecule has 1 aliphatic rings. The normalized spacial score (nSPS) is 22.5. The summed E-state index contributed by atoms with van der Waals surface area (Å²) in [5.41, 5.74) is 1.88. The van der Waals surface area contributed by atoms with Gasteiger partial charge in [0.1, 0.15) is 5.82 Å². The highest BCUT2D eigenvalue weighted by Gasteiger charge is 2.37. The average Bonchev–Trinajstić information content (AvgIpc) is 3.01. The highest BCUT2D eigenvalue weighted by atomic mass is 35.5. The second-order valence-electron chi connectivity index (χ2n) is 5.33. The molecular weight excluding hydrogens is 276 g/mol. The quantitative estimate of drug-likeness (QED) is 0.939. The lowest BCUT2D eigenvalue weighted by molar-refractivity contribution is -0.142. The van der Waals surface area contributed by atoms with E-state index in [2.05, 4.69) is 16.5 Å². The maximum Gasteiger partial charge on any atom is 0.307 e. The van der Waals surface area contributed by atoms with E-state index in [-0.39, 0.29) is 11.8 Å². The Morgan fingerprint density at radius 1 is 1.50 bits per heavy atom. The number of halogens is 1. The van der Waals surface area contributed by atoms with E-state index in [1.807, 2.05) is 18.2 Å². The van der Waals surface area contributed by atoms with Crippen LogP contribution < -0.4 is 0 Å². The number of hydrogen-bond acceptors (Lipinski definition) is 2. The number of nitrogens with zero attached hydrogens (tertiary/aromatic N) is 2. The molecule has 4 nitrogen and oxygen atoms in total. The molecule has 0 amide bonds. The minimum Gasteiger partial charge on any atom is -0.481 e. The summed E-state index contributed by atoms with van der Waals surface area (Å²) in [7, 11) is 0. The van der Waals surface area contributed by atoms with Crippen molar-refractivity contribution in [2.75, 3.05) is 0 Å². The largest absolute Gasteiger partial charge is 0.481 e. The molecule has 1 aromatic heterocycles. The van der Waals surface area contributed by atoms with Gasteiger partial charge in [0.2, 0.25) is 0 Å². The minimum atomic E-state index is -0.708. The Balaban J connectivity index is 2.13. The van der Waals surface area contributed by atoms with Gasteiger partial charge in [0, 0.05) is 17.5 Å². The zero-order valence-electron chi connectivity index (χ0n) is 11.3. The molecule has 0 aliphatic heterocycles. The topological polar surface area (TPSA) is 55.1 Å². The summed E-state index contributed by atoms with van der Waals surface area (Å²) in [6.45, 7) is 2.82. The Hall–Kier alpha value is -1.55. The summed E-state index contributed by atoms with van der Waals surface area (Å²) < 4.78 is 2.10. The monoisotopic (exact) mass is 292 g/mol. The van der Waals surface area contributed by atoms with Crippen molar-refractivity contribution in [3.63, 3.8) is 0 Å². The Bertz CT molecular complexity index is 665. The number of aromatic nitrogens is 2. The van der Waals surface area contributed by atoms with Gasteiger partial charge >= 0.3 is 5.97 Å². The fourth-order valence-corrected chi connectivity index (χ4v) is 3.46. The molecule has 0 spiro atoms. The third kappa shape index (κ3) is 2.08. The van der Waals surface area contributed by atoms with E-state index in [0.29, 0.717) is 5.02 Å². The van der Waals surface area contributed by atoms with Crippen molar-refractivity contribution in [3.05, 3.63) is 29.0 Å². The number of rotatable bonds is 3.